The summed E-state index contributed by atoms with van der Waals surface area (Å²) in [6.07, 6.45) is 0. The highest BCUT2D eigenvalue weighted by Crippen LogP contribution is 2.41. The lowest BCUT2D eigenvalue weighted by atomic mass is 9.72. The van der Waals surface area contributed by atoms with Gasteiger partial charge >= 0.3 is 0 Å². The van der Waals surface area contributed by atoms with Gasteiger partial charge in [0.15, 0.2) is 17.3 Å². The topological polar surface area (TPSA) is 51.2 Å². The third-order valence-corrected chi connectivity index (χ3v) is 6.59. The number of hydrogen-bond donors (Lipinski definition) is 0. The van der Waals surface area contributed by atoms with Crippen molar-refractivity contribution in [1.82, 2.24) is 0 Å². The number of rotatable bonds is 6. The van der Waals surface area contributed by atoms with E-state index >= 15 is 0 Å². The van der Waals surface area contributed by atoms with Gasteiger partial charge in [-0.15, -0.1) is 0 Å². The van der Waals surface area contributed by atoms with Gasteiger partial charge in [0.2, 0.25) is 0 Å². The average molecular weight is 497 g/mol. The number of hydrogen-bond acceptors (Lipinski definition) is 3. The van der Waals surface area contributed by atoms with Crippen LogP contribution in [-0.4, -0.2) is 17.3 Å². The minimum Gasteiger partial charge on any atom is -0.294 e. The molecule has 0 aliphatic heterocycles. The predicted octanol–water partition coefficient (Wildman–Crippen LogP) is 8.55. The zero-order valence-electron chi connectivity index (χ0n) is 23.7. The van der Waals surface area contributed by atoms with E-state index < -0.39 is 22.2 Å². The maximum absolute atomic E-state index is 13.7. The van der Waals surface area contributed by atoms with Gasteiger partial charge in [-0.2, -0.15) is 0 Å². The minimum absolute atomic E-state index is 0.0207. The van der Waals surface area contributed by atoms with E-state index in [1.807, 2.05) is 135 Å². The third-order valence-electron chi connectivity index (χ3n) is 6.59. The van der Waals surface area contributed by atoms with E-state index in [2.05, 4.69) is 0 Å². The molecular weight excluding hydrogens is 456 g/mol. The second-order valence-corrected chi connectivity index (χ2v) is 12.9. The molecule has 0 saturated carbocycles. The number of ketones is 3. The summed E-state index contributed by atoms with van der Waals surface area (Å²) in [6, 6.07) is 22.8. The molecule has 0 radical (unpaired) electrons. The Morgan fingerprint density at radius 1 is 0.432 bits per heavy atom. The van der Waals surface area contributed by atoms with Crippen LogP contribution in [0.15, 0.2) is 72.8 Å². The molecule has 0 aromatic heterocycles. The van der Waals surface area contributed by atoms with Gasteiger partial charge in [-0.05, 0) is 16.7 Å². The second kappa shape index (κ2) is 10.2. The summed E-state index contributed by atoms with van der Waals surface area (Å²) in [5.41, 5.74) is 2.43. The van der Waals surface area contributed by atoms with Crippen molar-refractivity contribution in [3.8, 4) is 0 Å². The Morgan fingerprint density at radius 3 is 0.865 bits per heavy atom. The highest BCUT2D eigenvalue weighted by atomic mass is 16.1. The fourth-order valence-electron chi connectivity index (χ4n) is 4.58. The monoisotopic (exact) mass is 496 g/mol. The average Bonchev–Trinajstić information content (AvgIpc) is 2.82. The Hall–Kier alpha value is -3.33. The van der Waals surface area contributed by atoms with Gasteiger partial charge in [-0.3, -0.25) is 14.4 Å². The maximum Gasteiger partial charge on any atom is 0.168 e. The van der Waals surface area contributed by atoms with Gasteiger partial charge in [0.25, 0.3) is 0 Å². The Labute approximate surface area is 222 Å². The molecule has 3 nitrogen and oxygen atoms in total. The molecule has 0 saturated heterocycles. The summed E-state index contributed by atoms with van der Waals surface area (Å²) in [7, 11) is 0. The molecule has 3 aromatic carbocycles. The Morgan fingerprint density at radius 2 is 0.649 bits per heavy atom. The van der Waals surface area contributed by atoms with Crippen LogP contribution in [0.4, 0.5) is 0 Å². The molecule has 3 rings (SSSR count). The van der Waals surface area contributed by atoms with Crippen LogP contribution in [0.1, 0.15) is 116 Å². The van der Waals surface area contributed by atoms with Gasteiger partial charge in [-0.25, -0.2) is 0 Å². The lowest BCUT2D eigenvalue weighted by molar-refractivity contribution is 0.0853. The molecule has 0 heterocycles. The van der Waals surface area contributed by atoms with Crippen LogP contribution >= 0.6 is 0 Å². The Kier molecular flexibility index (Phi) is 7.79. The highest BCUT2D eigenvalue weighted by Gasteiger charge is 2.35. The maximum atomic E-state index is 13.7. The smallest absolute Gasteiger partial charge is 0.168 e. The Balaban J connectivity index is 2.46. The molecule has 3 heteroatoms. The van der Waals surface area contributed by atoms with Crippen molar-refractivity contribution in [1.29, 1.82) is 0 Å². The number of Topliss-reactive ketones (excluding diaryl/α,β-unsaturated/α-hetero) is 3. The van der Waals surface area contributed by atoms with Crippen molar-refractivity contribution in [2.45, 2.75) is 68.2 Å². The van der Waals surface area contributed by atoms with Gasteiger partial charge in [-0.1, -0.05) is 135 Å². The lowest BCUT2D eigenvalue weighted by Gasteiger charge is -2.29. The molecule has 0 spiro atoms. The first-order valence-corrected chi connectivity index (χ1v) is 13.0. The van der Waals surface area contributed by atoms with Crippen LogP contribution in [0.25, 0.3) is 0 Å². The Bertz CT molecular complexity index is 1160. The van der Waals surface area contributed by atoms with E-state index in [-0.39, 0.29) is 17.3 Å². The molecule has 0 bridgehead atoms. The summed E-state index contributed by atoms with van der Waals surface area (Å²) in [6.45, 7) is 17.2. The summed E-state index contributed by atoms with van der Waals surface area (Å²) in [4.78, 5) is 41.0. The zero-order valence-corrected chi connectivity index (χ0v) is 23.7. The molecule has 0 unspecified atom stereocenters. The van der Waals surface area contributed by atoms with Crippen molar-refractivity contribution in [2.75, 3.05) is 0 Å². The van der Waals surface area contributed by atoms with Crippen molar-refractivity contribution in [2.24, 2.45) is 16.2 Å². The zero-order chi connectivity index (χ0) is 27.8. The molecule has 0 atom stereocenters. The molecule has 3 aromatic rings. The van der Waals surface area contributed by atoms with Gasteiger partial charge in [0.05, 0.1) is 0 Å². The minimum atomic E-state index is -0.595. The van der Waals surface area contributed by atoms with E-state index in [1.165, 1.54) is 0 Å². The van der Waals surface area contributed by atoms with Crippen LogP contribution in [0.2, 0.25) is 0 Å². The fourth-order valence-corrected chi connectivity index (χ4v) is 4.58. The summed E-state index contributed by atoms with van der Waals surface area (Å²) in [5.74, 6) is -0.417. The SMILES string of the molecule is CC(C)(C)C(=O)c1ccccc1C(c1ccccc1C(=O)C(C)(C)C)c1ccccc1C(=O)C(C)(C)C. The molecule has 0 aliphatic carbocycles. The van der Waals surface area contributed by atoms with Crippen LogP contribution < -0.4 is 0 Å². The van der Waals surface area contributed by atoms with Crippen LogP contribution in [0.3, 0.4) is 0 Å². The number of carbonyl (C=O) groups is 3. The molecular formula is C34H40O3. The van der Waals surface area contributed by atoms with Gasteiger partial charge < -0.3 is 0 Å². The largest absolute Gasteiger partial charge is 0.294 e. The number of benzene rings is 3. The first kappa shape index (κ1) is 28.2. The molecule has 0 amide bonds. The van der Waals surface area contributed by atoms with Crippen molar-refractivity contribution < 1.29 is 14.4 Å². The molecule has 0 N–H and O–H groups in total. The van der Waals surface area contributed by atoms with Crippen molar-refractivity contribution in [3.05, 3.63) is 106 Å². The van der Waals surface area contributed by atoms with Gasteiger partial charge in [0, 0.05) is 38.9 Å². The fraction of sp³-hybridized carbons (Fsp3) is 0.382. The van der Waals surface area contributed by atoms with Gasteiger partial charge in [0.1, 0.15) is 0 Å². The standard InChI is InChI=1S/C34H40O3/c1-32(2,3)29(35)25-19-13-10-16-22(25)28(23-17-11-14-20-26(23)30(36)33(4,5)6)24-18-12-15-21-27(24)31(37)34(7,8)9/h10-21,28H,1-9H3. The highest BCUT2D eigenvalue weighted by molar-refractivity contribution is 6.05. The summed E-state index contributed by atoms with van der Waals surface area (Å²) in [5, 5.41) is 0. The van der Waals surface area contributed by atoms with Crippen molar-refractivity contribution in [3.63, 3.8) is 0 Å². The quantitative estimate of drug-likeness (QED) is 0.254. The van der Waals surface area contributed by atoms with Crippen molar-refractivity contribution >= 4 is 17.3 Å². The van der Waals surface area contributed by atoms with E-state index in [9.17, 15) is 14.4 Å². The first-order chi connectivity index (χ1) is 17.0. The predicted molar refractivity (Wildman–Crippen MR) is 152 cm³/mol. The van der Waals surface area contributed by atoms with E-state index in [4.69, 9.17) is 0 Å². The lowest BCUT2D eigenvalue weighted by Crippen LogP contribution is -2.26. The molecule has 0 fully saturated rings. The van der Waals surface area contributed by atoms with Crippen LogP contribution in [0, 0.1) is 16.2 Å². The summed E-state index contributed by atoms with van der Waals surface area (Å²) >= 11 is 0. The number of carbonyl (C=O) groups excluding carboxylic acids is 3. The molecule has 0 aliphatic rings. The van der Waals surface area contributed by atoms with E-state index in [1.54, 1.807) is 0 Å². The molecule has 37 heavy (non-hydrogen) atoms. The normalized spacial score (nSPS) is 12.5. The summed E-state index contributed by atoms with van der Waals surface area (Å²) < 4.78 is 0. The van der Waals surface area contributed by atoms with Crippen LogP contribution in [0.5, 0.6) is 0 Å². The third kappa shape index (κ3) is 5.98. The van der Waals surface area contributed by atoms with E-state index in [0.717, 1.165) is 16.7 Å². The molecule has 194 valence electrons. The first-order valence-electron chi connectivity index (χ1n) is 13.0. The van der Waals surface area contributed by atoms with E-state index in [0.29, 0.717) is 16.7 Å². The second-order valence-electron chi connectivity index (χ2n) is 12.9. The van der Waals surface area contributed by atoms with Crippen LogP contribution in [-0.2, 0) is 0 Å².